The summed E-state index contributed by atoms with van der Waals surface area (Å²) >= 11 is 3.03. The fourth-order valence-corrected chi connectivity index (χ4v) is 1.47. The minimum absolute atomic E-state index is 0.0295. The summed E-state index contributed by atoms with van der Waals surface area (Å²) in [5.74, 6) is -1.12. The Labute approximate surface area is 109 Å². The zero-order valence-corrected chi connectivity index (χ0v) is 10.8. The number of benzene rings is 1. The number of alkyl halides is 3. The van der Waals surface area contributed by atoms with Crippen LogP contribution < -0.4 is 15.8 Å². The molecule has 0 fully saturated rings. The van der Waals surface area contributed by atoms with Crippen molar-refractivity contribution in [3.05, 3.63) is 22.7 Å². The minimum atomic E-state index is -4.81. The van der Waals surface area contributed by atoms with E-state index in [0.717, 1.165) is 6.07 Å². The van der Waals surface area contributed by atoms with Gasteiger partial charge in [-0.2, -0.15) is 0 Å². The fraction of sp³-hybridized carbons (Fsp3) is 0.300. The molecule has 18 heavy (non-hydrogen) atoms. The number of anilines is 1. The summed E-state index contributed by atoms with van der Waals surface area (Å²) < 4.78 is 40.8. The van der Waals surface area contributed by atoms with Crippen molar-refractivity contribution in [2.24, 2.45) is 5.73 Å². The quantitative estimate of drug-likeness (QED) is 0.894. The maximum Gasteiger partial charge on any atom is 0.573 e. The number of carbonyl (C=O) groups excluding carboxylic acids is 1. The number of carbonyl (C=O) groups is 1. The number of halogens is 4. The van der Waals surface area contributed by atoms with E-state index in [1.54, 1.807) is 0 Å². The third-order valence-electron chi connectivity index (χ3n) is 1.97. The molecule has 1 aromatic carbocycles. The van der Waals surface area contributed by atoms with Crippen molar-refractivity contribution < 1.29 is 22.7 Å². The lowest BCUT2D eigenvalue weighted by molar-refractivity contribution is -0.274. The molecule has 0 aromatic heterocycles. The second-order valence-electron chi connectivity index (χ2n) is 3.46. The van der Waals surface area contributed by atoms with E-state index in [2.05, 4.69) is 26.0 Å². The Hall–Kier alpha value is -1.44. The van der Waals surface area contributed by atoms with Crippen molar-refractivity contribution in [1.82, 2.24) is 0 Å². The van der Waals surface area contributed by atoms with Crippen molar-refractivity contribution in [1.29, 1.82) is 0 Å². The molecule has 0 bridgehead atoms. The van der Waals surface area contributed by atoms with E-state index in [9.17, 15) is 18.0 Å². The lowest BCUT2D eigenvalue weighted by Gasteiger charge is -2.17. The molecule has 1 rings (SSSR count). The van der Waals surface area contributed by atoms with Gasteiger partial charge in [0.2, 0.25) is 5.91 Å². The molecular weight excluding hydrogens is 317 g/mol. The third-order valence-corrected chi connectivity index (χ3v) is 2.46. The molecule has 3 N–H and O–H groups in total. The molecule has 0 aliphatic rings. The second kappa shape index (κ2) is 5.47. The Kier molecular flexibility index (Phi) is 4.44. The molecule has 0 spiro atoms. The first-order valence-corrected chi connectivity index (χ1v) is 5.59. The van der Waals surface area contributed by atoms with Crippen LogP contribution in [0.2, 0.25) is 0 Å². The first kappa shape index (κ1) is 14.6. The van der Waals surface area contributed by atoms with Gasteiger partial charge in [0.05, 0.1) is 5.69 Å². The predicted octanol–water partition coefficient (Wildman–Crippen LogP) is 2.63. The molecule has 0 saturated heterocycles. The number of primary amides is 1. The van der Waals surface area contributed by atoms with E-state index in [4.69, 9.17) is 5.73 Å². The maximum atomic E-state index is 12.2. The second-order valence-corrected chi connectivity index (χ2v) is 4.37. The van der Waals surface area contributed by atoms with Crippen LogP contribution in [0.15, 0.2) is 22.7 Å². The molecule has 0 aliphatic carbocycles. The van der Waals surface area contributed by atoms with Crippen molar-refractivity contribution in [3.63, 3.8) is 0 Å². The average Bonchev–Trinajstić information content (AvgIpc) is 2.19. The number of amides is 1. The van der Waals surface area contributed by atoms with Crippen molar-refractivity contribution in [3.8, 4) is 5.75 Å². The molecule has 1 amide bonds. The SMILES string of the molecule is CC(Nc1ccc(Br)cc1OC(F)(F)F)C(N)=O. The van der Waals surface area contributed by atoms with Gasteiger partial charge in [-0.25, -0.2) is 0 Å². The first-order valence-electron chi connectivity index (χ1n) is 4.80. The topological polar surface area (TPSA) is 64.3 Å². The zero-order chi connectivity index (χ0) is 13.9. The van der Waals surface area contributed by atoms with E-state index in [-0.39, 0.29) is 5.69 Å². The van der Waals surface area contributed by atoms with E-state index in [1.807, 2.05) is 0 Å². The summed E-state index contributed by atoms with van der Waals surface area (Å²) in [5, 5.41) is 2.54. The highest BCUT2D eigenvalue weighted by molar-refractivity contribution is 9.10. The fourth-order valence-electron chi connectivity index (χ4n) is 1.13. The zero-order valence-electron chi connectivity index (χ0n) is 9.22. The van der Waals surface area contributed by atoms with Gasteiger partial charge in [-0.3, -0.25) is 4.79 Å². The molecule has 0 heterocycles. The van der Waals surface area contributed by atoms with Crippen LogP contribution in [-0.4, -0.2) is 18.3 Å². The van der Waals surface area contributed by atoms with Gasteiger partial charge >= 0.3 is 6.36 Å². The van der Waals surface area contributed by atoms with Crippen molar-refractivity contribution in [2.75, 3.05) is 5.32 Å². The van der Waals surface area contributed by atoms with Crippen LogP contribution in [0.1, 0.15) is 6.92 Å². The Balaban J connectivity index is 3.00. The summed E-state index contributed by atoms with van der Waals surface area (Å²) in [6.45, 7) is 1.43. The van der Waals surface area contributed by atoms with Crippen molar-refractivity contribution in [2.45, 2.75) is 19.3 Å². The van der Waals surface area contributed by atoms with E-state index in [1.165, 1.54) is 19.1 Å². The van der Waals surface area contributed by atoms with E-state index in [0.29, 0.717) is 4.47 Å². The number of ether oxygens (including phenoxy) is 1. The van der Waals surface area contributed by atoms with Gasteiger partial charge < -0.3 is 15.8 Å². The van der Waals surface area contributed by atoms with E-state index >= 15 is 0 Å². The van der Waals surface area contributed by atoms with Gasteiger partial charge in [0.1, 0.15) is 6.04 Å². The van der Waals surface area contributed by atoms with Crippen LogP contribution in [0, 0.1) is 0 Å². The minimum Gasteiger partial charge on any atom is -0.404 e. The molecule has 8 heteroatoms. The molecule has 100 valence electrons. The Morgan fingerprint density at radius 3 is 2.61 bits per heavy atom. The molecule has 0 saturated carbocycles. The van der Waals surface area contributed by atoms with Gasteiger partial charge in [0.15, 0.2) is 5.75 Å². The molecule has 4 nitrogen and oxygen atoms in total. The number of nitrogens with two attached hydrogens (primary N) is 1. The highest BCUT2D eigenvalue weighted by atomic mass is 79.9. The number of hydrogen-bond acceptors (Lipinski definition) is 3. The summed E-state index contributed by atoms with van der Waals surface area (Å²) in [7, 11) is 0. The lowest BCUT2D eigenvalue weighted by Crippen LogP contribution is -2.32. The monoisotopic (exact) mass is 326 g/mol. The Bertz CT molecular complexity index is 451. The van der Waals surface area contributed by atoms with Gasteiger partial charge in [-0.05, 0) is 25.1 Å². The van der Waals surface area contributed by atoms with Crippen LogP contribution in [0.4, 0.5) is 18.9 Å². The van der Waals surface area contributed by atoms with Gasteiger partial charge in [0.25, 0.3) is 0 Å². The van der Waals surface area contributed by atoms with E-state index < -0.39 is 24.1 Å². The first-order chi connectivity index (χ1) is 8.19. The standard InChI is InChI=1S/C10H10BrF3N2O2/c1-5(9(15)17)16-7-3-2-6(11)4-8(7)18-10(12,13)14/h2-5,16H,1H3,(H2,15,17). The normalized spacial score (nSPS) is 12.9. The maximum absolute atomic E-state index is 12.2. The largest absolute Gasteiger partial charge is 0.573 e. The van der Waals surface area contributed by atoms with Gasteiger partial charge in [-0.15, -0.1) is 13.2 Å². The van der Waals surface area contributed by atoms with Gasteiger partial charge in [-0.1, -0.05) is 15.9 Å². The molecule has 0 radical (unpaired) electrons. The Morgan fingerprint density at radius 1 is 1.50 bits per heavy atom. The van der Waals surface area contributed by atoms with Crippen LogP contribution in [-0.2, 0) is 4.79 Å². The molecule has 1 aromatic rings. The van der Waals surface area contributed by atoms with Crippen LogP contribution in [0.5, 0.6) is 5.75 Å². The van der Waals surface area contributed by atoms with Crippen LogP contribution in [0.3, 0.4) is 0 Å². The summed E-state index contributed by atoms with van der Waals surface area (Å²) in [6, 6.07) is 3.19. The highest BCUT2D eigenvalue weighted by Gasteiger charge is 2.32. The average molecular weight is 327 g/mol. The number of hydrogen-bond donors (Lipinski definition) is 2. The summed E-state index contributed by atoms with van der Waals surface area (Å²) in [4.78, 5) is 10.9. The van der Waals surface area contributed by atoms with Crippen LogP contribution in [0.25, 0.3) is 0 Å². The molecule has 1 atom stereocenters. The molecule has 1 unspecified atom stereocenters. The molecular formula is C10H10BrF3N2O2. The number of nitrogens with one attached hydrogen (secondary N) is 1. The number of rotatable bonds is 4. The summed E-state index contributed by atoms with van der Waals surface area (Å²) in [6.07, 6.45) is -4.81. The van der Waals surface area contributed by atoms with Gasteiger partial charge in [0, 0.05) is 4.47 Å². The smallest absolute Gasteiger partial charge is 0.404 e. The predicted molar refractivity (Wildman–Crippen MR) is 63.1 cm³/mol. The Morgan fingerprint density at radius 2 is 2.11 bits per heavy atom. The van der Waals surface area contributed by atoms with Crippen LogP contribution >= 0.6 is 15.9 Å². The summed E-state index contributed by atoms with van der Waals surface area (Å²) in [5.41, 5.74) is 5.05. The molecule has 0 aliphatic heterocycles. The third kappa shape index (κ3) is 4.44. The highest BCUT2D eigenvalue weighted by Crippen LogP contribution is 2.33. The lowest BCUT2D eigenvalue weighted by atomic mass is 10.2. The van der Waals surface area contributed by atoms with Crippen molar-refractivity contribution >= 4 is 27.5 Å².